The van der Waals surface area contributed by atoms with Crippen LogP contribution in [0.4, 0.5) is 0 Å². The highest BCUT2D eigenvalue weighted by molar-refractivity contribution is 4.79. The minimum absolute atomic E-state index is 0.360. The molecule has 1 heteroatoms. The lowest BCUT2D eigenvalue weighted by Gasteiger charge is -2.28. The summed E-state index contributed by atoms with van der Waals surface area (Å²) in [7, 11) is 0. The van der Waals surface area contributed by atoms with Crippen LogP contribution in [0.2, 0.25) is 0 Å². The monoisotopic (exact) mass is 197 g/mol. The molecule has 0 saturated carbocycles. The number of hydrogen-bond donors (Lipinski definition) is 1. The molecule has 0 atom stereocenters. The minimum Gasteiger partial charge on any atom is -0.312 e. The van der Waals surface area contributed by atoms with Crippen LogP contribution < -0.4 is 5.32 Å². The van der Waals surface area contributed by atoms with E-state index in [1.165, 1.54) is 38.5 Å². The summed E-state index contributed by atoms with van der Waals surface area (Å²) < 4.78 is 0. The zero-order valence-electron chi connectivity index (χ0n) is 10.2. The smallest absolute Gasteiger partial charge is 0.0148 e. The van der Waals surface area contributed by atoms with Gasteiger partial charge in [-0.05, 0) is 45.6 Å². The van der Waals surface area contributed by atoms with E-state index in [1.54, 1.807) is 0 Å². The van der Waals surface area contributed by atoms with E-state index >= 15 is 0 Å². The Morgan fingerprint density at radius 2 is 1.79 bits per heavy atom. The molecule has 0 rings (SSSR count). The van der Waals surface area contributed by atoms with Crippen LogP contribution >= 0.6 is 0 Å². The number of nitrogens with one attached hydrogen (secondary N) is 1. The van der Waals surface area contributed by atoms with Crippen molar-refractivity contribution in [3.8, 4) is 0 Å². The van der Waals surface area contributed by atoms with Gasteiger partial charge in [-0.3, -0.25) is 0 Å². The summed E-state index contributed by atoms with van der Waals surface area (Å²) in [4.78, 5) is 0. The van der Waals surface area contributed by atoms with E-state index in [4.69, 9.17) is 0 Å². The molecule has 0 heterocycles. The predicted octanol–water partition coefficient (Wildman–Crippen LogP) is 3.90. The Kier molecular flexibility index (Phi) is 7.87. The van der Waals surface area contributed by atoms with Gasteiger partial charge in [0.05, 0.1) is 0 Å². The second-order valence-corrected chi connectivity index (χ2v) is 4.33. The molecule has 0 aromatic carbocycles. The first-order valence-corrected chi connectivity index (χ1v) is 6.04. The van der Waals surface area contributed by atoms with Crippen LogP contribution in [0.25, 0.3) is 0 Å². The average Bonchev–Trinajstić information content (AvgIpc) is 2.23. The molecule has 0 bridgehead atoms. The second kappa shape index (κ2) is 8.05. The van der Waals surface area contributed by atoms with Crippen LogP contribution in [0.15, 0.2) is 12.7 Å². The molecule has 84 valence electrons. The van der Waals surface area contributed by atoms with Crippen molar-refractivity contribution >= 4 is 0 Å². The van der Waals surface area contributed by atoms with Gasteiger partial charge in [0.25, 0.3) is 0 Å². The van der Waals surface area contributed by atoms with E-state index in [0.717, 1.165) is 6.54 Å². The predicted molar refractivity (Wildman–Crippen MR) is 65.7 cm³/mol. The highest BCUT2D eigenvalue weighted by Crippen LogP contribution is 2.13. The van der Waals surface area contributed by atoms with E-state index < -0.39 is 0 Å². The van der Waals surface area contributed by atoms with E-state index in [1.807, 2.05) is 6.08 Å². The summed E-state index contributed by atoms with van der Waals surface area (Å²) in [6.07, 6.45) is 9.52. The van der Waals surface area contributed by atoms with Crippen molar-refractivity contribution in [1.82, 2.24) is 5.32 Å². The van der Waals surface area contributed by atoms with Crippen LogP contribution in [0.1, 0.15) is 59.3 Å². The highest BCUT2D eigenvalue weighted by Gasteiger charge is 2.17. The lowest BCUT2D eigenvalue weighted by Crippen LogP contribution is -2.41. The molecule has 0 aromatic rings. The van der Waals surface area contributed by atoms with Crippen molar-refractivity contribution < 1.29 is 0 Å². The van der Waals surface area contributed by atoms with E-state index in [-0.39, 0.29) is 0 Å². The Morgan fingerprint density at radius 3 is 2.29 bits per heavy atom. The number of allylic oxidation sites excluding steroid dienone is 1. The molecule has 0 aliphatic heterocycles. The summed E-state index contributed by atoms with van der Waals surface area (Å²) in [6.45, 7) is 11.7. The Hall–Kier alpha value is -0.300. The number of rotatable bonds is 9. The van der Waals surface area contributed by atoms with Gasteiger partial charge in [0.15, 0.2) is 0 Å². The van der Waals surface area contributed by atoms with E-state index in [0.29, 0.717) is 5.54 Å². The fourth-order valence-corrected chi connectivity index (χ4v) is 1.48. The third-order valence-electron chi connectivity index (χ3n) is 3.20. The zero-order chi connectivity index (χ0) is 10.9. The van der Waals surface area contributed by atoms with Gasteiger partial charge in [-0.2, -0.15) is 0 Å². The molecule has 0 aliphatic carbocycles. The fraction of sp³-hybridized carbons (Fsp3) is 0.846. The van der Waals surface area contributed by atoms with Crippen LogP contribution in [0.3, 0.4) is 0 Å². The van der Waals surface area contributed by atoms with Crippen LogP contribution in [0.5, 0.6) is 0 Å². The molecule has 0 fully saturated rings. The molecule has 0 amide bonds. The molecule has 0 aliphatic rings. The van der Waals surface area contributed by atoms with Gasteiger partial charge in [-0.15, -0.1) is 6.58 Å². The summed E-state index contributed by atoms with van der Waals surface area (Å²) in [5.41, 5.74) is 0.360. The zero-order valence-corrected chi connectivity index (χ0v) is 10.2. The lowest BCUT2D eigenvalue weighted by molar-refractivity contribution is 0.328. The van der Waals surface area contributed by atoms with Crippen molar-refractivity contribution in [2.75, 3.05) is 6.54 Å². The van der Waals surface area contributed by atoms with Gasteiger partial charge >= 0.3 is 0 Å². The third kappa shape index (κ3) is 6.20. The maximum absolute atomic E-state index is 3.73. The first-order valence-electron chi connectivity index (χ1n) is 6.04. The molecule has 0 saturated heterocycles. The Labute approximate surface area is 90.0 Å². The second-order valence-electron chi connectivity index (χ2n) is 4.33. The molecule has 1 N–H and O–H groups in total. The summed E-state index contributed by atoms with van der Waals surface area (Å²) in [5, 5.41) is 3.65. The quantitative estimate of drug-likeness (QED) is 0.436. The first kappa shape index (κ1) is 13.7. The molecule has 0 unspecified atom stereocenters. The van der Waals surface area contributed by atoms with Gasteiger partial charge < -0.3 is 5.32 Å². The molecule has 0 radical (unpaired) electrons. The van der Waals surface area contributed by atoms with Crippen LogP contribution in [0, 0.1) is 0 Å². The SMILES string of the molecule is C=CCCCCCNC(C)(CC)CC. The topological polar surface area (TPSA) is 12.0 Å². The normalized spacial score (nSPS) is 11.6. The molecular weight excluding hydrogens is 170 g/mol. The largest absolute Gasteiger partial charge is 0.312 e. The van der Waals surface area contributed by atoms with Gasteiger partial charge in [-0.25, -0.2) is 0 Å². The van der Waals surface area contributed by atoms with Crippen molar-refractivity contribution in [3.05, 3.63) is 12.7 Å². The average molecular weight is 197 g/mol. The summed E-state index contributed by atoms with van der Waals surface area (Å²) in [6, 6.07) is 0. The molecular formula is C13H27N. The third-order valence-corrected chi connectivity index (χ3v) is 3.20. The summed E-state index contributed by atoms with van der Waals surface area (Å²) in [5.74, 6) is 0. The Bertz CT molecular complexity index is 136. The van der Waals surface area contributed by atoms with Crippen molar-refractivity contribution in [2.45, 2.75) is 64.8 Å². The fourth-order valence-electron chi connectivity index (χ4n) is 1.48. The van der Waals surface area contributed by atoms with Gasteiger partial charge in [0, 0.05) is 5.54 Å². The first-order chi connectivity index (χ1) is 6.68. The number of hydrogen-bond acceptors (Lipinski definition) is 1. The molecule has 0 spiro atoms. The van der Waals surface area contributed by atoms with Crippen molar-refractivity contribution in [1.29, 1.82) is 0 Å². The maximum Gasteiger partial charge on any atom is 0.0148 e. The Balaban J connectivity index is 3.38. The molecule has 0 aromatic heterocycles. The summed E-state index contributed by atoms with van der Waals surface area (Å²) >= 11 is 0. The molecule has 1 nitrogen and oxygen atoms in total. The van der Waals surface area contributed by atoms with E-state index in [9.17, 15) is 0 Å². The standard InChI is InChI=1S/C13H27N/c1-5-8-9-10-11-12-14-13(4,6-2)7-3/h5,14H,1,6-12H2,2-4H3. The maximum atomic E-state index is 3.73. The van der Waals surface area contributed by atoms with Crippen molar-refractivity contribution in [3.63, 3.8) is 0 Å². The molecule has 14 heavy (non-hydrogen) atoms. The van der Waals surface area contributed by atoms with Gasteiger partial charge in [-0.1, -0.05) is 26.3 Å². The Morgan fingerprint density at radius 1 is 1.14 bits per heavy atom. The van der Waals surface area contributed by atoms with Gasteiger partial charge in [0.1, 0.15) is 0 Å². The van der Waals surface area contributed by atoms with Gasteiger partial charge in [0.2, 0.25) is 0 Å². The highest BCUT2D eigenvalue weighted by atomic mass is 15.0. The van der Waals surface area contributed by atoms with Crippen LogP contribution in [-0.2, 0) is 0 Å². The lowest BCUT2D eigenvalue weighted by atomic mass is 9.95. The van der Waals surface area contributed by atoms with E-state index in [2.05, 4.69) is 32.7 Å². The minimum atomic E-state index is 0.360. The van der Waals surface area contributed by atoms with Crippen LogP contribution in [-0.4, -0.2) is 12.1 Å². The van der Waals surface area contributed by atoms with Crippen molar-refractivity contribution in [2.24, 2.45) is 0 Å². The number of unbranched alkanes of at least 4 members (excludes halogenated alkanes) is 3.